The van der Waals surface area contributed by atoms with Gasteiger partial charge in [-0.3, -0.25) is 4.79 Å². The van der Waals surface area contributed by atoms with Crippen LogP contribution >= 0.6 is 0 Å². The zero-order chi connectivity index (χ0) is 13.9. The Morgan fingerprint density at radius 3 is 2.74 bits per heavy atom. The topological polar surface area (TPSA) is 58.6 Å². The number of rotatable bonds is 5. The summed E-state index contributed by atoms with van der Waals surface area (Å²) >= 11 is 0. The molecule has 0 radical (unpaired) electrons. The van der Waals surface area contributed by atoms with Crippen molar-refractivity contribution < 1.29 is 14.6 Å². The summed E-state index contributed by atoms with van der Waals surface area (Å²) in [5, 5.41) is 12.5. The van der Waals surface area contributed by atoms with E-state index in [0.29, 0.717) is 19.7 Å². The second kappa shape index (κ2) is 5.61. The van der Waals surface area contributed by atoms with Gasteiger partial charge in [0.05, 0.1) is 12.5 Å². The van der Waals surface area contributed by atoms with Gasteiger partial charge in [-0.2, -0.15) is 0 Å². The number of carboxylic acids is 1. The highest BCUT2D eigenvalue weighted by molar-refractivity contribution is 5.73. The molecule has 2 atom stereocenters. The van der Waals surface area contributed by atoms with Crippen LogP contribution in [-0.2, 0) is 10.2 Å². The summed E-state index contributed by atoms with van der Waals surface area (Å²) in [7, 11) is 0. The number of aliphatic carboxylic acids is 1. The zero-order valence-electron chi connectivity index (χ0n) is 11.5. The molecular weight excluding hydrogens is 242 g/mol. The Bertz CT molecular complexity index is 443. The summed E-state index contributed by atoms with van der Waals surface area (Å²) in [5.41, 5.74) is 0.698. The summed E-state index contributed by atoms with van der Waals surface area (Å²) in [6.07, 6.45) is 0.977. The van der Waals surface area contributed by atoms with Crippen molar-refractivity contribution in [2.75, 3.05) is 19.7 Å². The lowest BCUT2D eigenvalue weighted by Crippen LogP contribution is -2.36. The highest BCUT2D eigenvalue weighted by Gasteiger charge is 2.44. The predicted octanol–water partition coefficient (Wildman–Crippen LogP) is 2.04. The fraction of sp³-hybridized carbons (Fsp3) is 0.533. The molecule has 1 heterocycles. The minimum atomic E-state index is -0.737. The molecule has 19 heavy (non-hydrogen) atoms. The number of hydrogen-bond donors (Lipinski definition) is 2. The van der Waals surface area contributed by atoms with Gasteiger partial charge in [0.15, 0.2) is 0 Å². The maximum absolute atomic E-state index is 11.3. The second-order valence-electron chi connectivity index (χ2n) is 5.31. The lowest BCUT2D eigenvalue weighted by Gasteiger charge is -2.28. The lowest BCUT2D eigenvalue weighted by atomic mass is 9.74. The maximum Gasteiger partial charge on any atom is 0.308 e. The lowest BCUT2D eigenvalue weighted by molar-refractivity contribution is -0.142. The highest BCUT2D eigenvalue weighted by atomic mass is 16.5. The number of ether oxygens (including phenoxy) is 1. The molecule has 0 saturated carbocycles. The molecule has 1 aromatic carbocycles. The van der Waals surface area contributed by atoms with Crippen molar-refractivity contribution in [1.82, 2.24) is 5.32 Å². The van der Waals surface area contributed by atoms with E-state index in [0.717, 1.165) is 17.7 Å². The number of nitrogens with one attached hydrogen (secondary N) is 1. The SMILES string of the molecule is CCCOc1ccc(C2(C)CNCC2C(=O)O)cc1. The van der Waals surface area contributed by atoms with E-state index in [1.165, 1.54) is 0 Å². The summed E-state index contributed by atoms with van der Waals surface area (Å²) in [4.78, 5) is 11.3. The number of carbonyl (C=O) groups is 1. The molecule has 0 aromatic heterocycles. The molecule has 1 saturated heterocycles. The van der Waals surface area contributed by atoms with Crippen molar-refractivity contribution >= 4 is 5.97 Å². The van der Waals surface area contributed by atoms with Crippen LogP contribution in [0.4, 0.5) is 0 Å². The Morgan fingerprint density at radius 1 is 1.47 bits per heavy atom. The van der Waals surface area contributed by atoms with E-state index in [1.807, 2.05) is 31.2 Å². The fourth-order valence-electron chi connectivity index (χ4n) is 2.64. The van der Waals surface area contributed by atoms with E-state index in [9.17, 15) is 9.90 Å². The average Bonchev–Trinajstić information content (AvgIpc) is 2.80. The molecule has 4 heteroatoms. The minimum absolute atomic E-state index is 0.352. The Kier molecular flexibility index (Phi) is 4.10. The summed E-state index contributed by atoms with van der Waals surface area (Å²) in [5.74, 6) is -0.277. The van der Waals surface area contributed by atoms with Crippen LogP contribution < -0.4 is 10.1 Å². The van der Waals surface area contributed by atoms with Crippen LogP contribution in [0.25, 0.3) is 0 Å². The smallest absolute Gasteiger partial charge is 0.308 e. The third kappa shape index (κ3) is 2.73. The van der Waals surface area contributed by atoms with Crippen molar-refractivity contribution in [3.8, 4) is 5.75 Å². The monoisotopic (exact) mass is 263 g/mol. The average molecular weight is 263 g/mol. The van der Waals surface area contributed by atoms with Crippen molar-refractivity contribution in [2.24, 2.45) is 5.92 Å². The number of benzene rings is 1. The molecule has 104 valence electrons. The van der Waals surface area contributed by atoms with Gasteiger partial charge >= 0.3 is 5.97 Å². The number of carboxylic acid groups (broad SMARTS) is 1. The third-order valence-electron chi connectivity index (χ3n) is 3.89. The van der Waals surface area contributed by atoms with Gasteiger partial charge in [0.2, 0.25) is 0 Å². The first-order valence-corrected chi connectivity index (χ1v) is 6.75. The van der Waals surface area contributed by atoms with E-state index in [-0.39, 0.29) is 11.3 Å². The quantitative estimate of drug-likeness (QED) is 0.853. The van der Waals surface area contributed by atoms with Crippen molar-refractivity contribution in [2.45, 2.75) is 25.7 Å². The molecule has 0 bridgehead atoms. The van der Waals surface area contributed by atoms with Crippen molar-refractivity contribution in [1.29, 1.82) is 0 Å². The van der Waals surface area contributed by atoms with Gasteiger partial charge in [-0.25, -0.2) is 0 Å². The molecule has 1 aliphatic heterocycles. The van der Waals surface area contributed by atoms with Crippen LogP contribution in [0.3, 0.4) is 0 Å². The number of hydrogen-bond acceptors (Lipinski definition) is 3. The normalized spacial score (nSPS) is 26.3. The van der Waals surface area contributed by atoms with Gasteiger partial charge < -0.3 is 15.2 Å². The molecule has 0 amide bonds. The largest absolute Gasteiger partial charge is 0.494 e. The van der Waals surface area contributed by atoms with Crippen LogP contribution in [0.5, 0.6) is 5.75 Å². The maximum atomic E-state index is 11.3. The van der Waals surface area contributed by atoms with E-state index >= 15 is 0 Å². The first kappa shape index (κ1) is 13.9. The molecule has 2 N–H and O–H groups in total. The Hall–Kier alpha value is -1.55. The standard InChI is InChI=1S/C15H21NO3/c1-3-8-19-12-6-4-11(5-7-12)15(2)10-16-9-13(15)14(17)18/h4-7,13,16H,3,8-10H2,1-2H3,(H,17,18). The molecule has 1 aromatic rings. The van der Waals surface area contributed by atoms with E-state index in [1.54, 1.807) is 0 Å². The summed E-state index contributed by atoms with van der Waals surface area (Å²) in [6, 6.07) is 7.81. The Balaban J connectivity index is 2.18. The van der Waals surface area contributed by atoms with Crippen LogP contribution in [0.2, 0.25) is 0 Å². The third-order valence-corrected chi connectivity index (χ3v) is 3.89. The highest BCUT2D eigenvalue weighted by Crippen LogP contribution is 2.36. The van der Waals surface area contributed by atoms with Crippen LogP contribution in [0.1, 0.15) is 25.8 Å². The zero-order valence-corrected chi connectivity index (χ0v) is 11.5. The Morgan fingerprint density at radius 2 is 2.16 bits per heavy atom. The fourth-order valence-corrected chi connectivity index (χ4v) is 2.64. The minimum Gasteiger partial charge on any atom is -0.494 e. The summed E-state index contributed by atoms with van der Waals surface area (Å²) in [6.45, 7) is 6.00. The van der Waals surface area contributed by atoms with E-state index in [2.05, 4.69) is 12.2 Å². The van der Waals surface area contributed by atoms with Gasteiger partial charge in [0, 0.05) is 18.5 Å². The molecule has 0 spiro atoms. The first-order chi connectivity index (χ1) is 9.08. The van der Waals surface area contributed by atoms with Crippen LogP contribution in [-0.4, -0.2) is 30.8 Å². The van der Waals surface area contributed by atoms with Gasteiger partial charge in [-0.1, -0.05) is 26.0 Å². The molecule has 2 unspecified atom stereocenters. The molecule has 4 nitrogen and oxygen atoms in total. The molecule has 1 aliphatic rings. The predicted molar refractivity (Wildman–Crippen MR) is 73.6 cm³/mol. The van der Waals surface area contributed by atoms with Gasteiger partial charge in [-0.15, -0.1) is 0 Å². The molecular formula is C15H21NO3. The second-order valence-corrected chi connectivity index (χ2v) is 5.31. The van der Waals surface area contributed by atoms with Gasteiger partial charge in [-0.05, 0) is 24.1 Å². The molecule has 2 rings (SSSR count). The molecule has 0 aliphatic carbocycles. The van der Waals surface area contributed by atoms with Crippen LogP contribution in [0.15, 0.2) is 24.3 Å². The molecule has 1 fully saturated rings. The van der Waals surface area contributed by atoms with Gasteiger partial charge in [0.1, 0.15) is 5.75 Å². The van der Waals surface area contributed by atoms with Crippen molar-refractivity contribution in [3.63, 3.8) is 0 Å². The Labute approximate surface area is 113 Å². The van der Waals surface area contributed by atoms with Crippen LogP contribution in [0, 0.1) is 5.92 Å². The van der Waals surface area contributed by atoms with E-state index in [4.69, 9.17) is 4.74 Å². The van der Waals surface area contributed by atoms with Gasteiger partial charge in [0.25, 0.3) is 0 Å². The van der Waals surface area contributed by atoms with E-state index < -0.39 is 5.97 Å². The first-order valence-electron chi connectivity index (χ1n) is 6.75. The summed E-state index contributed by atoms with van der Waals surface area (Å²) < 4.78 is 5.55. The van der Waals surface area contributed by atoms with Crippen molar-refractivity contribution in [3.05, 3.63) is 29.8 Å².